The van der Waals surface area contributed by atoms with Crippen molar-refractivity contribution in [3.05, 3.63) is 64.5 Å². The summed E-state index contributed by atoms with van der Waals surface area (Å²) in [6.07, 6.45) is 3.85. The molecule has 0 aliphatic carbocycles. The summed E-state index contributed by atoms with van der Waals surface area (Å²) in [6, 6.07) is 5.88. The third-order valence-corrected chi connectivity index (χ3v) is 5.43. The molecule has 7 heteroatoms. The van der Waals surface area contributed by atoms with Crippen molar-refractivity contribution >= 4 is 17.4 Å². The van der Waals surface area contributed by atoms with Crippen LogP contribution in [-0.2, 0) is 9.59 Å². The Hall–Kier alpha value is -3.19. The number of aliphatic hydroxyl groups is 1. The number of ketones is 1. The fraction of sp³-hybridized carbons (Fsp3) is 0.348. The molecule has 2 heterocycles. The lowest BCUT2D eigenvalue weighted by molar-refractivity contribution is -0.139. The fourth-order valence-electron chi connectivity index (χ4n) is 3.70. The molecule has 30 heavy (non-hydrogen) atoms. The minimum Gasteiger partial charge on any atom is -0.507 e. The molecule has 1 unspecified atom stereocenters. The van der Waals surface area contributed by atoms with Gasteiger partial charge < -0.3 is 20.0 Å². The molecule has 0 radical (unpaired) electrons. The summed E-state index contributed by atoms with van der Waals surface area (Å²) in [5.41, 5.74) is 2.52. The third-order valence-electron chi connectivity index (χ3n) is 5.43. The second kappa shape index (κ2) is 8.67. The van der Waals surface area contributed by atoms with Gasteiger partial charge in [0.1, 0.15) is 11.5 Å². The number of benzene rings is 1. The minimum atomic E-state index is -0.753. The number of carbonyl (C=O) groups excluding carboxylic acids is 2. The Labute approximate surface area is 176 Å². The molecule has 1 saturated heterocycles. The Morgan fingerprint density at radius 3 is 2.40 bits per heavy atom. The topological polar surface area (TPSA) is 94.0 Å². The van der Waals surface area contributed by atoms with Crippen molar-refractivity contribution in [3.63, 3.8) is 0 Å². The van der Waals surface area contributed by atoms with E-state index in [2.05, 4.69) is 4.98 Å². The predicted octanol–water partition coefficient (Wildman–Crippen LogP) is 2.78. The standard InChI is InChI=1S/C23H27N3O4/c1-14-12-17(18(27)13-15(14)2)21(28)19-20(16-6-8-24-9-7-16)26(23(30)22(19)29)11-5-10-25(3)4/h6-9,12-13,20,27-28H,5,10-11H2,1-4H3. The zero-order valence-corrected chi connectivity index (χ0v) is 17.7. The molecule has 158 valence electrons. The first kappa shape index (κ1) is 21.5. The molecule has 2 aromatic rings. The molecule has 1 atom stereocenters. The summed E-state index contributed by atoms with van der Waals surface area (Å²) in [5.74, 6) is -1.91. The number of rotatable bonds is 6. The van der Waals surface area contributed by atoms with Crippen molar-refractivity contribution in [2.45, 2.75) is 26.3 Å². The molecule has 0 spiro atoms. The van der Waals surface area contributed by atoms with Gasteiger partial charge in [-0.05, 0) is 81.9 Å². The van der Waals surface area contributed by atoms with Crippen molar-refractivity contribution in [2.24, 2.45) is 0 Å². The first-order valence-electron chi connectivity index (χ1n) is 9.86. The number of aromatic hydroxyl groups is 1. The van der Waals surface area contributed by atoms with Crippen LogP contribution in [-0.4, -0.2) is 63.9 Å². The van der Waals surface area contributed by atoms with Crippen LogP contribution in [0, 0.1) is 13.8 Å². The lowest BCUT2D eigenvalue weighted by atomic mass is 9.94. The maximum atomic E-state index is 13.0. The number of phenols is 1. The molecule has 1 aromatic heterocycles. The quantitative estimate of drug-likeness (QED) is 0.433. The van der Waals surface area contributed by atoms with Crippen molar-refractivity contribution in [3.8, 4) is 5.75 Å². The van der Waals surface area contributed by atoms with Gasteiger partial charge in [0.15, 0.2) is 0 Å². The van der Waals surface area contributed by atoms with Gasteiger partial charge in [-0.2, -0.15) is 0 Å². The maximum absolute atomic E-state index is 13.0. The highest BCUT2D eigenvalue weighted by Gasteiger charge is 2.46. The van der Waals surface area contributed by atoms with Gasteiger partial charge in [0.2, 0.25) is 0 Å². The number of aliphatic hydroxyl groups excluding tert-OH is 1. The van der Waals surface area contributed by atoms with E-state index >= 15 is 0 Å². The predicted molar refractivity (Wildman–Crippen MR) is 114 cm³/mol. The molecule has 1 aromatic carbocycles. The Kier molecular flexibility index (Phi) is 6.22. The van der Waals surface area contributed by atoms with Gasteiger partial charge in [-0.25, -0.2) is 0 Å². The number of likely N-dealkylation sites (tertiary alicyclic amines) is 1. The third kappa shape index (κ3) is 4.07. The highest BCUT2D eigenvalue weighted by molar-refractivity contribution is 6.46. The Morgan fingerprint density at radius 2 is 1.77 bits per heavy atom. The SMILES string of the molecule is Cc1cc(O)c(C(O)=C2C(=O)C(=O)N(CCCN(C)C)C2c2ccncc2)cc1C. The van der Waals surface area contributed by atoms with Crippen molar-refractivity contribution in [2.75, 3.05) is 27.2 Å². The van der Waals surface area contributed by atoms with Crippen LogP contribution in [0.25, 0.3) is 5.76 Å². The molecule has 7 nitrogen and oxygen atoms in total. The fourth-order valence-corrected chi connectivity index (χ4v) is 3.70. The number of aryl methyl sites for hydroxylation is 2. The van der Waals surface area contributed by atoms with Crippen molar-refractivity contribution < 1.29 is 19.8 Å². The van der Waals surface area contributed by atoms with Gasteiger partial charge >= 0.3 is 0 Å². The van der Waals surface area contributed by atoms with Crippen molar-refractivity contribution in [1.82, 2.24) is 14.8 Å². The molecule has 0 bridgehead atoms. The van der Waals surface area contributed by atoms with Gasteiger partial charge in [0, 0.05) is 18.9 Å². The van der Waals surface area contributed by atoms with Gasteiger partial charge in [0.25, 0.3) is 11.7 Å². The maximum Gasteiger partial charge on any atom is 0.295 e. The Balaban J connectivity index is 2.13. The van der Waals surface area contributed by atoms with Crippen molar-refractivity contribution in [1.29, 1.82) is 0 Å². The highest BCUT2D eigenvalue weighted by atomic mass is 16.3. The number of amides is 1. The molecule has 1 aliphatic heterocycles. The molecular formula is C23H27N3O4. The van der Waals surface area contributed by atoms with E-state index in [4.69, 9.17) is 0 Å². The first-order valence-corrected chi connectivity index (χ1v) is 9.86. The monoisotopic (exact) mass is 409 g/mol. The van der Waals surface area contributed by atoms with Crippen LogP contribution in [0.15, 0.2) is 42.2 Å². The minimum absolute atomic E-state index is 0.0189. The highest BCUT2D eigenvalue weighted by Crippen LogP contribution is 2.41. The number of nitrogens with zero attached hydrogens (tertiary/aromatic N) is 3. The first-order chi connectivity index (χ1) is 14.2. The Morgan fingerprint density at radius 1 is 1.13 bits per heavy atom. The van der Waals surface area contributed by atoms with Gasteiger partial charge in [-0.15, -0.1) is 0 Å². The summed E-state index contributed by atoms with van der Waals surface area (Å²) in [4.78, 5) is 33.3. The number of pyridine rings is 1. The summed E-state index contributed by atoms with van der Waals surface area (Å²) >= 11 is 0. The molecule has 1 fully saturated rings. The molecule has 1 aliphatic rings. The number of hydrogen-bond donors (Lipinski definition) is 2. The van der Waals surface area contributed by atoms with Gasteiger partial charge in [-0.3, -0.25) is 14.6 Å². The molecule has 0 saturated carbocycles. The summed E-state index contributed by atoms with van der Waals surface area (Å²) < 4.78 is 0. The second-order valence-corrected chi connectivity index (χ2v) is 7.88. The summed E-state index contributed by atoms with van der Waals surface area (Å²) in [6.45, 7) is 4.82. The van der Waals surface area contributed by atoms with Crippen LogP contribution in [0.5, 0.6) is 5.75 Å². The smallest absolute Gasteiger partial charge is 0.295 e. The lowest BCUT2D eigenvalue weighted by Crippen LogP contribution is -2.32. The van der Waals surface area contributed by atoms with Gasteiger partial charge in [0.05, 0.1) is 17.2 Å². The summed E-state index contributed by atoms with van der Waals surface area (Å²) in [5, 5.41) is 21.5. The zero-order chi connectivity index (χ0) is 22.0. The van der Waals surface area contributed by atoms with Crippen LogP contribution in [0.4, 0.5) is 0 Å². The van der Waals surface area contributed by atoms with E-state index in [0.717, 1.165) is 17.7 Å². The van der Waals surface area contributed by atoms with Crippen LogP contribution < -0.4 is 0 Å². The van der Waals surface area contributed by atoms with E-state index in [9.17, 15) is 19.8 Å². The van der Waals surface area contributed by atoms with E-state index < -0.39 is 17.7 Å². The van der Waals surface area contributed by atoms with Crippen LogP contribution >= 0.6 is 0 Å². The van der Waals surface area contributed by atoms with Crippen LogP contribution in [0.3, 0.4) is 0 Å². The second-order valence-electron chi connectivity index (χ2n) is 7.88. The van der Waals surface area contributed by atoms with E-state index in [1.165, 1.54) is 4.90 Å². The number of phenolic OH excluding ortho intramolecular Hbond substituents is 1. The number of hydrogen-bond acceptors (Lipinski definition) is 6. The van der Waals surface area contributed by atoms with Gasteiger partial charge in [-0.1, -0.05) is 0 Å². The number of carbonyl (C=O) groups is 2. The van der Waals surface area contributed by atoms with Crippen LogP contribution in [0.2, 0.25) is 0 Å². The number of aromatic nitrogens is 1. The number of Topliss-reactive ketones (excluding diaryl/α,β-unsaturated/α-hetero) is 1. The molecule has 2 N–H and O–H groups in total. The molecule has 1 amide bonds. The zero-order valence-electron chi connectivity index (χ0n) is 17.7. The molecule has 3 rings (SSSR count). The van der Waals surface area contributed by atoms with Crippen LogP contribution in [0.1, 0.15) is 34.7 Å². The average Bonchev–Trinajstić information content (AvgIpc) is 2.95. The average molecular weight is 409 g/mol. The largest absolute Gasteiger partial charge is 0.507 e. The lowest BCUT2D eigenvalue weighted by Gasteiger charge is -2.26. The van der Waals surface area contributed by atoms with E-state index in [-0.39, 0.29) is 22.6 Å². The van der Waals surface area contributed by atoms with E-state index in [1.54, 1.807) is 36.7 Å². The molecular weight excluding hydrogens is 382 g/mol. The normalized spacial score (nSPS) is 18.4. The van der Waals surface area contributed by atoms with E-state index in [0.29, 0.717) is 18.5 Å². The summed E-state index contributed by atoms with van der Waals surface area (Å²) in [7, 11) is 3.88. The Bertz CT molecular complexity index is 999. The van der Waals surface area contributed by atoms with E-state index in [1.807, 2.05) is 32.8 Å².